The van der Waals surface area contributed by atoms with Gasteiger partial charge in [-0.15, -0.1) is 0 Å². The summed E-state index contributed by atoms with van der Waals surface area (Å²) in [4.78, 5) is 4.38. The normalized spacial score (nSPS) is 11.5. The molecule has 0 radical (unpaired) electrons. The molecule has 104 valence electrons. The maximum atomic E-state index is 6.24. The molecule has 0 aliphatic carbocycles. The number of nitrogens with one attached hydrogen (secondary N) is 1. The van der Waals surface area contributed by atoms with Crippen molar-refractivity contribution in [3.8, 4) is 0 Å². The van der Waals surface area contributed by atoms with Crippen LogP contribution in [-0.4, -0.2) is 25.4 Å². The van der Waals surface area contributed by atoms with Gasteiger partial charge in [-0.25, -0.2) is 4.98 Å². The Kier molecular flexibility index (Phi) is 4.27. The zero-order valence-corrected chi connectivity index (χ0v) is 12.6. The summed E-state index contributed by atoms with van der Waals surface area (Å²) in [6, 6.07) is 0.458. The van der Waals surface area contributed by atoms with Gasteiger partial charge in [-0.2, -0.15) is 5.10 Å². The Hall–Kier alpha value is -1.33. The number of rotatable bonds is 5. The molecule has 0 spiro atoms. The van der Waals surface area contributed by atoms with Crippen molar-refractivity contribution >= 4 is 11.6 Å². The Morgan fingerprint density at radius 3 is 2.74 bits per heavy atom. The van der Waals surface area contributed by atoms with E-state index in [4.69, 9.17) is 11.6 Å². The van der Waals surface area contributed by atoms with Crippen molar-refractivity contribution in [2.75, 3.05) is 0 Å². The van der Waals surface area contributed by atoms with Gasteiger partial charge >= 0.3 is 0 Å². The average Bonchev–Trinajstić information content (AvgIpc) is 2.88. The fourth-order valence-electron chi connectivity index (χ4n) is 1.92. The van der Waals surface area contributed by atoms with E-state index in [2.05, 4.69) is 29.2 Å². The maximum Gasteiger partial charge on any atom is 0.0953 e. The van der Waals surface area contributed by atoms with Crippen molar-refractivity contribution in [3.05, 3.63) is 34.6 Å². The fraction of sp³-hybridized carbons (Fsp3) is 0.538. The van der Waals surface area contributed by atoms with Gasteiger partial charge in [0, 0.05) is 25.8 Å². The van der Waals surface area contributed by atoms with Crippen LogP contribution in [0.25, 0.3) is 0 Å². The molecule has 0 unspecified atom stereocenters. The van der Waals surface area contributed by atoms with E-state index in [0.29, 0.717) is 12.6 Å². The van der Waals surface area contributed by atoms with Crippen LogP contribution in [0.1, 0.15) is 30.9 Å². The van der Waals surface area contributed by atoms with E-state index in [1.807, 2.05) is 35.7 Å². The van der Waals surface area contributed by atoms with Crippen LogP contribution in [0.4, 0.5) is 0 Å². The topological polar surface area (TPSA) is 47.7 Å². The second kappa shape index (κ2) is 5.75. The molecule has 0 atom stereocenters. The van der Waals surface area contributed by atoms with Crippen LogP contribution in [0.2, 0.25) is 5.02 Å². The number of imidazole rings is 1. The lowest BCUT2D eigenvalue weighted by atomic mass is 10.3. The number of aryl methyl sites for hydroxylation is 2. The number of aromatic nitrogens is 4. The third-order valence-electron chi connectivity index (χ3n) is 2.97. The van der Waals surface area contributed by atoms with Gasteiger partial charge in [0.1, 0.15) is 0 Å². The van der Waals surface area contributed by atoms with Crippen molar-refractivity contribution in [2.45, 2.75) is 39.9 Å². The summed E-state index contributed by atoms with van der Waals surface area (Å²) in [6.07, 6.45) is 3.87. The van der Waals surface area contributed by atoms with E-state index >= 15 is 0 Å². The standard InChI is InChI=1S/C13H20ClN5/c1-9(2)15-5-11-6-19(8-16-11)7-12-13(14)10(3)17-18(12)4/h6,8-9,15H,5,7H2,1-4H3. The first-order chi connectivity index (χ1) is 8.97. The molecule has 2 heterocycles. The molecule has 6 heteroatoms. The second-order valence-corrected chi connectivity index (χ2v) is 5.42. The maximum absolute atomic E-state index is 6.24. The molecule has 2 aromatic heterocycles. The van der Waals surface area contributed by atoms with Crippen LogP contribution >= 0.6 is 11.6 Å². The Balaban J connectivity index is 2.07. The first kappa shape index (κ1) is 14.1. The minimum atomic E-state index is 0.458. The summed E-state index contributed by atoms with van der Waals surface area (Å²) >= 11 is 6.24. The fourth-order valence-corrected chi connectivity index (χ4v) is 2.14. The van der Waals surface area contributed by atoms with Crippen molar-refractivity contribution in [2.24, 2.45) is 7.05 Å². The van der Waals surface area contributed by atoms with Crippen LogP contribution in [0.15, 0.2) is 12.5 Å². The number of hydrogen-bond donors (Lipinski definition) is 1. The third kappa shape index (κ3) is 3.36. The molecular weight excluding hydrogens is 262 g/mol. The zero-order valence-electron chi connectivity index (χ0n) is 11.8. The van der Waals surface area contributed by atoms with Crippen LogP contribution < -0.4 is 5.32 Å². The first-order valence-electron chi connectivity index (χ1n) is 6.39. The number of nitrogens with zero attached hydrogens (tertiary/aromatic N) is 4. The molecular formula is C13H20ClN5. The molecule has 19 heavy (non-hydrogen) atoms. The Bertz CT molecular complexity index is 555. The highest BCUT2D eigenvalue weighted by Gasteiger charge is 2.11. The molecule has 0 aromatic carbocycles. The Morgan fingerprint density at radius 1 is 1.42 bits per heavy atom. The van der Waals surface area contributed by atoms with Gasteiger partial charge in [0.05, 0.1) is 35.0 Å². The number of hydrogen-bond acceptors (Lipinski definition) is 3. The van der Waals surface area contributed by atoms with Gasteiger partial charge in [-0.1, -0.05) is 25.4 Å². The van der Waals surface area contributed by atoms with Crippen molar-refractivity contribution < 1.29 is 0 Å². The summed E-state index contributed by atoms with van der Waals surface area (Å²) in [6.45, 7) is 7.62. The molecule has 2 rings (SSSR count). The molecule has 1 N–H and O–H groups in total. The SMILES string of the molecule is Cc1nn(C)c(Cn2cnc(CNC(C)C)c2)c1Cl. The van der Waals surface area contributed by atoms with Gasteiger partial charge in [0.15, 0.2) is 0 Å². The van der Waals surface area contributed by atoms with Crippen LogP contribution in [0.3, 0.4) is 0 Å². The van der Waals surface area contributed by atoms with Gasteiger partial charge in [-0.05, 0) is 6.92 Å². The predicted molar refractivity (Wildman–Crippen MR) is 76.3 cm³/mol. The monoisotopic (exact) mass is 281 g/mol. The first-order valence-corrected chi connectivity index (χ1v) is 6.77. The summed E-state index contributed by atoms with van der Waals surface area (Å²) in [5, 5.41) is 8.39. The predicted octanol–water partition coefficient (Wildman–Crippen LogP) is 2.12. The van der Waals surface area contributed by atoms with Gasteiger partial charge in [0.25, 0.3) is 0 Å². The quantitative estimate of drug-likeness (QED) is 0.913. The zero-order chi connectivity index (χ0) is 14.0. The molecule has 0 bridgehead atoms. The molecule has 0 aliphatic heterocycles. The smallest absolute Gasteiger partial charge is 0.0953 e. The van der Waals surface area contributed by atoms with Gasteiger partial charge < -0.3 is 9.88 Å². The summed E-state index contributed by atoms with van der Waals surface area (Å²) in [5.74, 6) is 0. The molecule has 0 aliphatic rings. The van der Waals surface area contributed by atoms with E-state index in [1.54, 1.807) is 0 Å². The summed E-state index contributed by atoms with van der Waals surface area (Å²) in [5.41, 5.74) is 2.89. The van der Waals surface area contributed by atoms with Crippen molar-refractivity contribution in [1.29, 1.82) is 0 Å². The van der Waals surface area contributed by atoms with Crippen molar-refractivity contribution in [3.63, 3.8) is 0 Å². The van der Waals surface area contributed by atoms with Crippen LogP contribution in [-0.2, 0) is 20.1 Å². The summed E-state index contributed by atoms with van der Waals surface area (Å²) in [7, 11) is 1.91. The highest BCUT2D eigenvalue weighted by Crippen LogP contribution is 2.20. The molecule has 5 nitrogen and oxygen atoms in total. The van der Waals surface area contributed by atoms with Crippen LogP contribution in [0.5, 0.6) is 0 Å². The minimum Gasteiger partial charge on any atom is -0.331 e. The lowest BCUT2D eigenvalue weighted by molar-refractivity contribution is 0.582. The summed E-state index contributed by atoms with van der Waals surface area (Å²) < 4.78 is 3.85. The molecule has 0 saturated heterocycles. The van der Waals surface area contributed by atoms with E-state index in [9.17, 15) is 0 Å². The lowest BCUT2D eigenvalue weighted by Crippen LogP contribution is -2.21. The lowest BCUT2D eigenvalue weighted by Gasteiger charge is -2.05. The largest absolute Gasteiger partial charge is 0.331 e. The van der Waals surface area contributed by atoms with Crippen molar-refractivity contribution in [1.82, 2.24) is 24.6 Å². The molecule has 2 aromatic rings. The second-order valence-electron chi connectivity index (χ2n) is 5.04. The Morgan fingerprint density at radius 2 is 2.16 bits per heavy atom. The molecule has 0 saturated carbocycles. The third-order valence-corrected chi connectivity index (χ3v) is 3.46. The van der Waals surface area contributed by atoms with Gasteiger partial charge in [-0.3, -0.25) is 4.68 Å². The highest BCUT2D eigenvalue weighted by molar-refractivity contribution is 6.31. The minimum absolute atomic E-state index is 0.458. The Labute approximate surface area is 118 Å². The van der Waals surface area contributed by atoms with E-state index in [-0.39, 0.29) is 0 Å². The average molecular weight is 282 g/mol. The van der Waals surface area contributed by atoms with Crippen LogP contribution in [0, 0.1) is 6.92 Å². The molecule has 0 amide bonds. The molecule has 0 fully saturated rings. The van der Waals surface area contributed by atoms with E-state index in [0.717, 1.165) is 28.6 Å². The van der Waals surface area contributed by atoms with Gasteiger partial charge in [0.2, 0.25) is 0 Å². The number of halogens is 1. The van der Waals surface area contributed by atoms with E-state index < -0.39 is 0 Å². The highest BCUT2D eigenvalue weighted by atomic mass is 35.5. The van der Waals surface area contributed by atoms with E-state index in [1.165, 1.54) is 0 Å².